The summed E-state index contributed by atoms with van der Waals surface area (Å²) in [5.41, 5.74) is 2.02. The highest BCUT2D eigenvalue weighted by atomic mass is 32.2. The van der Waals surface area contributed by atoms with E-state index in [1.54, 1.807) is 4.31 Å². The van der Waals surface area contributed by atoms with Gasteiger partial charge in [-0.25, -0.2) is 12.7 Å². The smallest absolute Gasteiger partial charge is 0.218 e. The lowest BCUT2D eigenvalue weighted by molar-refractivity contribution is 0.452. The number of benzene rings is 1. The van der Waals surface area contributed by atoms with Crippen LogP contribution in [-0.4, -0.2) is 32.4 Å². The van der Waals surface area contributed by atoms with Crippen LogP contribution in [0.3, 0.4) is 0 Å². The Morgan fingerprint density at radius 3 is 2.71 bits per heavy atom. The Kier molecular flexibility index (Phi) is 5.79. The number of hydrogen-bond acceptors (Lipinski definition) is 3. The van der Waals surface area contributed by atoms with Gasteiger partial charge in [0.05, 0.1) is 5.75 Å². The van der Waals surface area contributed by atoms with E-state index in [4.69, 9.17) is 0 Å². The zero-order valence-electron chi connectivity index (χ0n) is 13.0. The maximum absolute atomic E-state index is 12.5. The first-order chi connectivity index (χ1) is 10.0. The molecule has 0 aliphatic carbocycles. The van der Waals surface area contributed by atoms with E-state index in [9.17, 15) is 8.42 Å². The van der Waals surface area contributed by atoms with Crippen molar-refractivity contribution in [3.05, 3.63) is 35.4 Å². The number of nitrogens with zero attached hydrogens (tertiary/aromatic N) is 1. The number of nitrogens with one attached hydrogen (secondary N) is 1. The van der Waals surface area contributed by atoms with Gasteiger partial charge in [0.1, 0.15) is 0 Å². The van der Waals surface area contributed by atoms with Gasteiger partial charge in [-0.1, -0.05) is 44.5 Å². The zero-order chi connectivity index (χ0) is 15.3. The van der Waals surface area contributed by atoms with Gasteiger partial charge in [0.25, 0.3) is 0 Å². The number of sulfonamides is 1. The predicted molar refractivity (Wildman–Crippen MR) is 86.4 cm³/mol. The average molecular weight is 310 g/mol. The molecule has 0 aromatic heterocycles. The minimum Gasteiger partial charge on any atom is -0.313 e. The SMILES string of the molecule is CCNCc1cccc(CS(=O)(=O)N2CCC(CC)C2)c1. The van der Waals surface area contributed by atoms with Crippen molar-refractivity contribution < 1.29 is 8.42 Å². The van der Waals surface area contributed by atoms with Crippen LogP contribution in [-0.2, 0) is 22.3 Å². The van der Waals surface area contributed by atoms with Crippen LogP contribution in [0.25, 0.3) is 0 Å². The second kappa shape index (κ2) is 7.38. The molecule has 1 fully saturated rings. The molecule has 1 aliphatic rings. The minimum absolute atomic E-state index is 0.114. The van der Waals surface area contributed by atoms with E-state index in [1.807, 2.05) is 24.3 Å². The van der Waals surface area contributed by atoms with Crippen LogP contribution in [0.1, 0.15) is 37.8 Å². The van der Waals surface area contributed by atoms with Crippen molar-refractivity contribution >= 4 is 10.0 Å². The molecule has 1 N–H and O–H groups in total. The van der Waals surface area contributed by atoms with Crippen molar-refractivity contribution in [3.8, 4) is 0 Å². The monoisotopic (exact) mass is 310 g/mol. The van der Waals surface area contributed by atoms with Crippen LogP contribution in [0.2, 0.25) is 0 Å². The van der Waals surface area contributed by atoms with Gasteiger partial charge >= 0.3 is 0 Å². The molecule has 0 saturated carbocycles. The van der Waals surface area contributed by atoms with E-state index in [2.05, 4.69) is 19.2 Å². The fourth-order valence-electron chi connectivity index (χ4n) is 2.78. The number of rotatable bonds is 7. The van der Waals surface area contributed by atoms with Crippen LogP contribution in [0.4, 0.5) is 0 Å². The van der Waals surface area contributed by atoms with Crippen molar-refractivity contribution in [1.29, 1.82) is 0 Å². The molecule has 2 rings (SSSR count). The lowest BCUT2D eigenvalue weighted by Gasteiger charge is -2.16. The molecule has 1 saturated heterocycles. The molecule has 1 aromatic carbocycles. The maximum atomic E-state index is 12.5. The van der Waals surface area contributed by atoms with Crippen LogP contribution in [0, 0.1) is 5.92 Å². The summed E-state index contributed by atoms with van der Waals surface area (Å²) in [4.78, 5) is 0. The van der Waals surface area contributed by atoms with Gasteiger partial charge in [0.15, 0.2) is 0 Å². The minimum atomic E-state index is -3.18. The van der Waals surface area contributed by atoms with Gasteiger partial charge in [-0.2, -0.15) is 0 Å². The molecule has 0 bridgehead atoms. The molecular weight excluding hydrogens is 284 g/mol. The highest BCUT2D eigenvalue weighted by Crippen LogP contribution is 2.23. The van der Waals surface area contributed by atoms with Crippen LogP contribution >= 0.6 is 0 Å². The Labute approximate surface area is 128 Å². The molecule has 1 unspecified atom stereocenters. The molecular formula is C16H26N2O2S. The van der Waals surface area contributed by atoms with E-state index in [0.29, 0.717) is 19.0 Å². The van der Waals surface area contributed by atoms with Gasteiger partial charge in [-0.15, -0.1) is 0 Å². The molecule has 1 aromatic rings. The third-order valence-corrected chi connectivity index (χ3v) is 5.96. The summed E-state index contributed by atoms with van der Waals surface area (Å²) in [5, 5.41) is 3.26. The number of hydrogen-bond donors (Lipinski definition) is 1. The van der Waals surface area contributed by atoms with Gasteiger partial charge in [0.2, 0.25) is 10.0 Å². The van der Waals surface area contributed by atoms with Gasteiger partial charge < -0.3 is 5.32 Å². The average Bonchev–Trinajstić information content (AvgIpc) is 2.95. The summed E-state index contributed by atoms with van der Waals surface area (Å²) in [5.74, 6) is 0.642. The summed E-state index contributed by atoms with van der Waals surface area (Å²) in [6.45, 7) is 7.26. The maximum Gasteiger partial charge on any atom is 0.218 e. The van der Waals surface area contributed by atoms with E-state index in [1.165, 1.54) is 0 Å². The fourth-order valence-corrected chi connectivity index (χ4v) is 4.39. The van der Waals surface area contributed by atoms with Gasteiger partial charge in [-0.05, 0) is 30.0 Å². The van der Waals surface area contributed by atoms with E-state index < -0.39 is 10.0 Å². The van der Waals surface area contributed by atoms with Gasteiger partial charge in [0, 0.05) is 19.6 Å². The topological polar surface area (TPSA) is 49.4 Å². The molecule has 5 heteroatoms. The van der Waals surface area contributed by atoms with Crippen molar-refractivity contribution in [2.75, 3.05) is 19.6 Å². The molecule has 1 heterocycles. The quantitative estimate of drug-likeness (QED) is 0.841. The molecule has 0 spiro atoms. The molecule has 0 radical (unpaired) electrons. The first-order valence-electron chi connectivity index (χ1n) is 7.81. The molecule has 1 aliphatic heterocycles. The first kappa shape index (κ1) is 16.5. The normalized spacial score (nSPS) is 20.0. The summed E-state index contributed by atoms with van der Waals surface area (Å²) in [7, 11) is -3.18. The Bertz CT molecular complexity index is 557. The molecule has 21 heavy (non-hydrogen) atoms. The molecule has 1 atom stereocenters. The van der Waals surface area contributed by atoms with Crippen LogP contribution in [0.15, 0.2) is 24.3 Å². The second-order valence-corrected chi connectivity index (χ2v) is 7.75. The third kappa shape index (κ3) is 4.53. The summed E-state index contributed by atoms with van der Waals surface area (Å²) < 4.78 is 26.7. The highest BCUT2D eigenvalue weighted by Gasteiger charge is 2.30. The van der Waals surface area contributed by atoms with E-state index >= 15 is 0 Å². The lowest BCUT2D eigenvalue weighted by atomic mass is 10.1. The van der Waals surface area contributed by atoms with Crippen molar-refractivity contribution in [1.82, 2.24) is 9.62 Å². The van der Waals surface area contributed by atoms with E-state index in [-0.39, 0.29) is 5.75 Å². The molecule has 4 nitrogen and oxygen atoms in total. The van der Waals surface area contributed by atoms with Gasteiger partial charge in [-0.3, -0.25) is 0 Å². The summed E-state index contributed by atoms with van der Waals surface area (Å²) in [6.07, 6.45) is 2.06. The highest BCUT2D eigenvalue weighted by molar-refractivity contribution is 7.88. The molecule has 118 valence electrons. The standard InChI is InChI=1S/C16H26N2O2S/c1-3-14-8-9-18(12-14)21(19,20)13-16-7-5-6-15(10-16)11-17-4-2/h5-7,10,14,17H,3-4,8-9,11-13H2,1-2H3. The Morgan fingerprint density at radius 2 is 2.05 bits per heavy atom. The Balaban J connectivity index is 2.03. The van der Waals surface area contributed by atoms with Crippen LogP contribution < -0.4 is 5.32 Å². The largest absolute Gasteiger partial charge is 0.313 e. The zero-order valence-corrected chi connectivity index (χ0v) is 13.8. The third-order valence-electron chi connectivity index (χ3n) is 4.14. The van der Waals surface area contributed by atoms with Crippen molar-refractivity contribution in [2.24, 2.45) is 5.92 Å². The molecule has 0 amide bonds. The predicted octanol–water partition coefficient (Wildman–Crippen LogP) is 2.36. The lowest BCUT2D eigenvalue weighted by Crippen LogP contribution is -2.30. The first-order valence-corrected chi connectivity index (χ1v) is 9.42. The van der Waals surface area contributed by atoms with Crippen molar-refractivity contribution in [2.45, 2.75) is 39.0 Å². The Morgan fingerprint density at radius 1 is 1.29 bits per heavy atom. The second-order valence-electron chi connectivity index (χ2n) is 5.78. The summed E-state index contributed by atoms with van der Waals surface area (Å²) in [6, 6.07) is 7.87. The van der Waals surface area contributed by atoms with E-state index in [0.717, 1.165) is 37.1 Å². The fraction of sp³-hybridized carbons (Fsp3) is 0.625. The van der Waals surface area contributed by atoms with Crippen molar-refractivity contribution in [3.63, 3.8) is 0 Å². The Hall–Kier alpha value is -0.910. The summed E-state index contributed by atoms with van der Waals surface area (Å²) >= 11 is 0. The van der Waals surface area contributed by atoms with Crippen LogP contribution in [0.5, 0.6) is 0 Å².